The fourth-order valence-electron chi connectivity index (χ4n) is 5.56. The molecule has 2 heterocycles. The molecule has 0 saturated carbocycles. The van der Waals surface area contributed by atoms with Gasteiger partial charge in [-0.15, -0.1) is 0 Å². The molecule has 2 aromatic rings. The van der Waals surface area contributed by atoms with Gasteiger partial charge in [-0.05, 0) is 34.4 Å². The lowest BCUT2D eigenvalue weighted by Crippen LogP contribution is -2.61. The number of hydrogen-bond acceptors (Lipinski definition) is 2. The van der Waals surface area contributed by atoms with Crippen LogP contribution in [0, 0.1) is 10.8 Å². The topological polar surface area (TPSA) is 6.48 Å². The van der Waals surface area contributed by atoms with Gasteiger partial charge in [-0.3, -0.25) is 9.80 Å². The molecule has 0 aliphatic carbocycles. The van der Waals surface area contributed by atoms with Gasteiger partial charge in [-0.2, -0.15) is 0 Å². The first kappa shape index (κ1) is 18.2. The second kappa shape index (κ2) is 7.10. The summed E-state index contributed by atoms with van der Waals surface area (Å²) >= 11 is 3.72. The van der Waals surface area contributed by atoms with Crippen LogP contribution in [0.4, 0.5) is 0 Å². The van der Waals surface area contributed by atoms with Crippen molar-refractivity contribution in [2.24, 2.45) is 10.8 Å². The molecule has 3 heteroatoms. The van der Waals surface area contributed by atoms with E-state index in [9.17, 15) is 0 Å². The number of benzene rings is 2. The molecule has 2 fully saturated rings. The fraction of sp³-hybridized carbons (Fsp3) is 0.478. The van der Waals surface area contributed by atoms with E-state index in [1.165, 1.54) is 48.2 Å². The number of fused-ring (bicyclic) bond motifs is 2. The maximum absolute atomic E-state index is 3.72. The maximum atomic E-state index is 3.72. The van der Waals surface area contributed by atoms with E-state index in [1.54, 1.807) is 0 Å². The molecule has 2 aliphatic rings. The Morgan fingerprint density at radius 3 is 1.92 bits per heavy atom. The molecule has 0 N–H and O–H groups in total. The van der Waals surface area contributed by atoms with Gasteiger partial charge in [0, 0.05) is 43.7 Å². The maximum Gasteiger partial charge on any atom is 0.0245 e. The summed E-state index contributed by atoms with van der Waals surface area (Å²) in [4.78, 5) is 5.37. The SMILES string of the molecule is C[C@@]12CN(Cc3ccccc3)C[C@](C)(CN(Cc3ccccc3Br)C1)C2. The fourth-order valence-corrected chi connectivity index (χ4v) is 5.97. The Morgan fingerprint density at radius 2 is 1.31 bits per heavy atom. The lowest BCUT2D eigenvalue weighted by atomic mass is 9.65. The van der Waals surface area contributed by atoms with E-state index >= 15 is 0 Å². The van der Waals surface area contributed by atoms with Crippen molar-refractivity contribution < 1.29 is 0 Å². The third-order valence-corrected chi connectivity index (χ3v) is 6.65. The molecule has 2 bridgehead atoms. The second-order valence-corrected chi connectivity index (χ2v) is 10.0. The van der Waals surface area contributed by atoms with E-state index < -0.39 is 0 Å². The third-order valence-electron chi connectivity index (χ3n) is 5.88. The van der Waals surface area contributed by atoms with Crippen molar-refractivity contribution in [3.05, 3.63) is 70.2 Å². The van der Waals surface area contributed by atoms with Crippen LogP contribution in [0.3, 0.4) is 0 Å². The Balaban J connectivity index is 1.48. The van der Waals surface area contributed by atoms with Gasteiger partial charge in [0.1, 0.15) is 0 Å². The Morgan fingerprint density at radius 1 is 0.769 bits per heavy atom. The van der Waals surface area contributed by atoms with Crippen LogP contribution in [0.15, 0.2) is 59.1 Å². The van der Waals surface area contributed by atoms with Crippen LogP contribution in [-0.4, -0.2) is 36.0 Å². The largest absolute Gasteiger partial charge is 0.298 e. The monoisotopic (exact) mass is 412 g/mol. The van der Waals surface area contributed by atoms with E-state index in [0.717, 1.165) is 13.1 Å². The molecule has 2 saturated heterocycles. The number of nitrogens with zero attached hydrogens (tertiary/aromatic N) is 2. The summed E-state index contributed by atoms with van der Waals surface area (Å²) in [5.41, 5.74) is 3.59. The molecule has 2 aliphatic heterocycles. The number of hydrogen-bond donors (Lipinski definition) is 0. The van der Waals surface area contributed by atoms with Crippen molar-refractivity contribution >= 4 is 15.9 Å². The lowest BCUT2D eigenvalue weighted by Gasteiger charge is -2.57. The van der Waals surface area contributed by atoms with Gasteiger partial charge < -0.3 is 0 Å². The van der Waals surface area contributed by atoms with Gasteiger partial charge in [0.2, 0.25) is 0 Å². The molecule has 0 unspecified atom stereocenters. The highest BCUT2D eigenvalue weighted by molar-refractivity contribution is 9.10. The zero-order valence-corrected chi connectivity index (χ0v) is 17.5. The molecular formula is C23H29BrN2. The molecule has 138 valence electrons. The predicted molar refractivity (Wildman–Crippen MR) is 112 cm³/mol. The van der Waals surface area contributed by atoms with E-state index in [1.807, 2.05) is 0 Å². The molecular weight excluding hydrogens is 384 g/mol. The highest BCUT2D eigenvalue weighted by atomic mass is 79.9. The minimum absolute atomic E-state index is 0.376. The average molecular weight is 413 g/mol. The van der Waals surface area contributed by atoms with Crippen LogP contribution in [0.2, 0.25) is 0 Å². The molecule has 2 atom stereocenters. The molecule has 0 spiro atoms. The first-order valence-electron chi connectivity index (χ1n) is 9.65. The molecule has 0 aromatic heterocycles. The summed E-state index contributed by atoms with van der Waals surface area (Å²) < 4.78 is 1.23. The zero-order chi connectivity index (χ0) is 18.2. The van der Waals surface area contributed by atoms with E-state index in [4.69, 9.17) is 0 Å². The number of piperidine rings is 2. The summed E-state index contributed by atoms with van der Waals surface area (Å²) in [6.07, 6.45) is 1.34. The minimum atomic E-state index is 0.376. The molecule has 0 radical (unpaired) electrons. The van der Waals surface area contributed by atoms with Gasteiger partial charge >= 0.3 is 0 Å². The Bertz CT molecular complexity index is 742. The molecule has 4 rings (SSSR count). The smallest absolute Gasteiger partial charge is 0.0245 e. The summed E-state index contributed by atoms with van der Waals surface area (Å²) in [6, 6.07) is 19.6. The second-order valence-electron chi connectivity index (χ2n) is 9.17. The minimum Gasteiger partial charge on any atom is -0.298 e. The van der Waals surface area contributed by atoms with E-state index in [2.05, 4.69) is 94.2 Å². The van der Waals surface area contributed by atoms with Crippen molar-refractivity contribution in [2.75, 3.05) is 26.2 Å². The Hall–Kier alpha value is -1.16. The van der Waals surface area contributed by atoms with Gasteiger partial charge in [-0.25, -0.2) is 0 Å². The van der Waals surface area contributed by atoms with Crippen LogP contribution in [0.25, 0.3) is 0 Å². The molecule has 2 nitrogen and oxygen atoms in total. The third kappa shape index (κ3) is 4.05. The summed E-state index contributed by atoms with van der Waals surface area (Å²) in [5.74, 6) is 0. The summed E-state index contributed by atoms with van der Waals surface area (Å²) in [5, 5.41) is 0. The average Bonchev–Trinajstić information content (AvgIpc) is 2.55. The Labute approximate surface area is 166 Å². The van der Waals surface area contributed by atoms with E-state index in [0.29, 0.717) is 10.8 Å². The quantitative estimate of drug-likeness (QED) is 0.681. The zero-order valence-electron chi connectivity index (χ0n) is 15.9. The van der Waals surface area contributed by atoms with Gasteiger partial charge in [0.05, 0.1) is 0 Å². The van der Waals surface area contributed by atoms with Crippen molar-refractivity contribution in [2.45, 2.75) is 33.4 Å². The van der Waals surface area contributed by atoms with Crippen LogP contribution < -0.4 is 0 Å². The number of halogens is 1. The van der Waals surface area contributed by atoms with Crippen LogP contribution >= 0.6 is 15.9 Å². The predicted octanol–water partition coefficient (Wildman–Crippen LogP) is 5.18. The lowest BCUT2D eigenvalue weighted by molar-refractivity contribution is -0.0791. The van der Waals surface area contributed by atoms with Crippen LogP contribution in [0.1, 0.15) is 31.4 Å². The Kier molecular flexibility index (Phi) is 4.98. The number of rotatable bonds is 4. The van der Waals surface area contributed by atoms with Crippen LogP contribution in [0.5, 0.6) is 0 Å². The first-order chi connectivity index (χ1) is 12.4. The summed E-state index contributed by atoms with van der Waals surface area (Å²) in [7, 11) is 0. The summed E-state index contributed by atoms with van der Waals surface area (Å²) in [6.45, 7) is 11.9. The van der Waals surface area contributed by atoms with Crippen molar-refractivity contribution in [1.29, 1.82) is 0 Å². The first-order valence-corrected chi connectivity index (χ1v) is 10.4. The highest BCUT2D eigenvalue weighted by Crippen LogP contribution is 2.46. The van der Waals surface area contributed by atoms with Crippen molar-refractivity contribution in [3.63, 3.8) is 0 Å². The molecule has 26 heavy (non-hydrogen) atoms. The van der Waals surface area contributed by atoms with Gasteiger partial charge in [0.15, 0.2) is 0 Å². The van der Waals surface area contributed by atoms with Gasteiger partial charge in [0.25, 0.3) is 0 Å². The highest BCUT2D eigenvalue weighted by Gasteiger charge is 2.48. The molecule has 0 amide bonds. The van der Waals surface area contributed by atoms with E-state index in [-0.39, 0.29) is 0 Å². The molecule has 2 aromatic carbocycles. The van der Waals surface area contributed by atoms with Crippen LogP contribution in [-0.2, 0) is 13.1 Å². The standard InChI is InChI=1S/C23H29BrN2/c1-22-14-23(2,16-25(15-22)12-19-8-4-3-5-9-19)18-26(17-22)13-20-10-6-7-11-21(20)24/h3-11H,12-18H2,1-2H3/t22-,23-/m1/s1. The van der Waals surface area contributed by atoms with Crippen molar-refractivity contribution in [3.8, 4) is 0 Å². The normalized spacial score (nSPS) is 29.7. The number of likely N-dealkylation sites (tertiary alicyclic amines) is 2. The van der Waals surface area contributed by atoms with Gasteiger partial charge in [-0.1, -0.05) is 78.3 Å². The van der Waals surface area contributed by atoms with Crippen molar-refractivity contribution in [1.82, 2.24) is 9.80 Å².